The number of esters is 4. The molecule has 6 rings (SSSR count). The molecule has 0 spiro atoms. The van der Waals surface area contributed by atoms with Gasteiger partial charge in [-0.25, -0.2) is 23.1 Å². The topological polar surface area (TPSA) is 159 Å². The van der Waals surface area contributed by atoms with Crippen LogP contribution in [0.1, 0.15) is 118 Å². The summed E-state index contributed by atoms with van der Waals surface area (Å²) in [6.45, 7) is 13.1. The first-order valence-electron chi connectivity index (χ1n) is 21.2. The van der Waals surface area contributed by atoms with E-state index < -0.39 is 59.2 Å². The molecule has 352 valence electrons. The molecule has 0 N–H and O–H groups in total. The molecule has 0 aliphatic carbocycles. The average Bonchev–Trinajstić information content (AvgIpc) is 3.93. The molecule has 0 fully saturated rings. The Hall–Kier alpha value is -5.99. The fourth-order valence-corrected chi connectivity index (χ4v) is 7.78. The van der Waals surface area contributed by atoms with Crippen molar-refractivity contribution in [1.29, 1.82) is 0 Å². The van der Waals surface area contributed by atoms with Crippen molar-refractivity contribution in [1.82, 2.24) is 19.9 Å². The summed E-state index contributed by atoms with van der Waals surface area (Å²) in [4.78, 5) is 70.8. The number of aromatic nitrogens is 4. The van der Waals surface area contributed by atoms with E-state index in [1.165, 1.54) is 0 Å². The molecule has 1 aromatic carbocycles. The first-order chi connectivity index (χ1) is 31.0. The minimum atomic E-state index is -2.39. The van der Waals surface area contributed by atoms with Gasteiger partial charge < -0.3 is 28.9 Å². The van der Waals surface area contributed by atoms with Gasteiger partial charge in [0.1, 0.15) is 0 Å². The Morgan fingerprint density at radius 2 is 0.818 bits per heavy atom. The SMILES string of the molecule is CCOC(=O)CCC1=C(C)c2cc3[n-]c(cc4nc(cc5[n-]c(cc1n2)c(C)c5CCC(=O)OCC)C(C)=C4CCC(=O)OCC)c(C)c3CCC(=O)Oc1c(F)c(F)c(F)c(F)c1F.[Pd+2]. The molecule has 8 bridgehead atoms. The van der Waals surface area contributed by atoms with E-state index in [0.29, 0.717) is 68.0 Å². The zero-order valence-corrected chi connectivity index (χ0v) is 38.9. The van der Waals surface area contributed by atoms with Gasteiger partial charge in [-0.15, -0.1) is 22.1 Å². The smallest absolute Gasteiger partial charge is 0.657 e. The molecule has 2 aliphatic rings. The number of halogens is 5. The number of carbonyl (C=O) groups is 4. The van der Waals surface area contributed by atoms with Crippen molar-refractivity contribution in [2.45, 2.75) is 99.8 Å². The van der Waals surface area contributed by atoms with E-state index in [1.54, 1.807) is 45.9 Å². The number of aryl methyl sites for hydroxylation is 4. The van der Waals surface area contributed by atoms with Crippen molar-refractivity contribution in [2.24, 2.45) is 0 Å². The van der Waals surface area contributed by atoms with Crippen molar-refractivity contribution in [2.75, 3.05) is 19.8 Å². The molecular formula is C48H47F5N4O8Pd. The van der Waals surface area contributed by atoms with E-state index in [9.17, 15) is 41.1 Å². The molecule has 5 heterocycles. The van der Waals surface area contributed by atoms with Crippen molar-refractivity contribution < 1.29 is 80.5 Å². The summed E-state index contributed by atoms with van der Waals surface area (Å²) in [5.41, 5.74) is 9.33. The van der Waals surface area contributed by atoms with Gasteiger partial charge in [0.25, 0.3) is 0 Å². The molecule has 4 aromatic rings. The van der Waals surface area contributed by atoms with Crippen LogP contribution in [0.15, 0.2) is 24.3 Å². The van der Waals surface area contributed by atoms with E-state index >= 15 is 0 Å². The molecular weight excluding hydrogens is 962 g/mol. The van der Waals surface area contributed by atoms with Crippen molar-refractivity contribution in [3.8, 4) is 5.75 Å². The minimum absolute atomic E-state index is 0. The zero-order valence-electron chi connectivity index (χ0n) is 37.3. The monoisotopic (exact) mass is 1010 g/mol. The minimum Gasteiger partial charge on any atom is -0.657 e. The van der Waals surface area contributed by atoms with Gasteiger partial charge in [-0.2, -0.15) is 8.78 Å². The molecule has 0 saturated heterocycles. The maximum Gasteiger partial charge on any atom is 2.00 e. The molecule has 0 radical (unpaired) electrons. The standard InChI is InChI=1S/C48H47F5N4O8.Pd/c1-8-62-39(58)15-11-27-23(4)31-20-36-29(13-17-41(60)64-10-3)25(6)33(56-36)22-38-30(14-18-42(61)65-48-46(52)44(50)43(49)45(51)47(48)53)26(7)34(57-38)21-37-28(12-16-40(59)63-9-2)24(5)32(55-37)19-35(27)54-31;/h19-22H,8-18H2,1-7H3;/q-2;+2. The summed E-state index contributed by atoms with van der Waals surface area (Å²) in [6.07, 6.45) is 0.278. The first-order valence-corrected chi connectivity index (χ1v) is 21.2. The van der Waals surface area contributed by atoms with Gasteiger partial charge in [0.2, 0.25) is 34.8 Å². The Morgan fingerprint density at radius 1 is 0.485 bits per heavy atom. The largest absolute Gasteiger partial charge is 2.00 e. The van der Waals surface area contributed by atoms with Gasteiger partial charge in [-0.1, -0.05) is 46.5 Å². The predicted octanol–water partition coefficient (Wildman–Crippen LogP) is 9.46. The molecule has 0 unspecified atom stereocenters. The zero-order chi connectivity index (χ0) is 47.3. The van der Waals surface area contributed by atoms with Gasteiger partial charge in [0.05, 0.1) is 42.6 Å². The summed E-state index contributed by atoms with van der Waals surface area (Å²) in [5, 5.41) is 0. The number of fused-ring (bicyclic) bond motifs is 8. The normalized spacial score (nSPS) is 12.3. The van der Waals surface area contributed by atoms with Crippen molar-refractivity contribution in [3.63, 3.8) is 0 Å². The summed E-state index contributed by atoms with van der Waals surface area (Å²) < 4.78 is 90.9. The molecule has 0 atom stereocenters. The van der Waals surface area contributed by atoms with Gasteiger partial charge in [0.15, 0.2) is 0 Å². The van der Waals surface area contributed by atoms with Crippen LogP contribution in [-0.2, 0) is 66.7 Å². The average molecular weight is 1010 g/mol. The quantitative estimate of drug-likeness (QED) is 0.0199. The van der Waals surface area contributed by atoms with Crippen LogP contribution in [-0.4, -0.2) is 53.7 Å². The number of carbonyl (C=O) groups excluding carboxylic acids is 4. The number of allylic oxidation sites excluding steroid dienone is 4. The summed E-state index contributed by atoms with van der Waals surface area (Å²) in [5.74, 6) is -15.7. The number of ether oxygens (including phenoxy) is 4. The molecule has 12 nitrogen and oxygen atoms in total. The van der Waals surface area contributed by atoms with Crippen LogP contribution in [0.4, 0.5) is 22.0 Å². The van der Waals surface area contributed by atoms with E-state index in [0.717, 1.165) is 27.8 Å². The second kappa shape index (κ2) is 22.0. The van der Waals surface area contributed by atoms with Gasteiger partial charge >= 0.3 is 44.3 Å². The molecule has 3 aromatic heterocycles. The van der Waals surface area contributed by atoms with Crippen molar-refractivity contribution >= 4 is 68.2 Å². The molecule has 66 heavy (non-hydrogen) atoms. The Bertz CT molecular complexity index is 2800. The Balaban J connectivity index is 0.00000817. The number of hydrogen-bond acceptors (Lipinski definition) is 10. The Kier molecular flexibility index (Phi) is 17.0. The predicted molar refractivity (Wildman–Crippen MR) is 230 cm³/mol. The summed E-state index contributed by atoms with van der Waals surface area (Å²) >= 11 is 0. The summed E-state index contributed by atoms with van der Waals surface area (Å²) in [7, 11) is 0. The number of rotatable bonds is 16. The Labute approximate surface area is 391 Å². The van der Waals surface area contributed by atoms with Crippen LogP contribution in [0.25, 0.3) is 44.4 Å². The van der Waals surface area contributed by atoms with Crippen LogP contribution >= 0.6 is 0 Å². The third-order valence-corrected chi connectivity index (χ3v) is 11.3. The fourth-order valence-electron chi connectivity index (χ4n) is 7.78. The van der Waals surface area contributed by atoms with E-state index in [-0.39, 0.29) is 84.7 Å². The third kappa shape index (κ3) is 11.0. The fraction of sp³-hybridized carbons (Fsp3) is 0.375. The number of hydrogen-bond donors (Lipinski definition) is 0. The van der Waals surface area contributed by atoms with Crippen LogP contribution in [0, 0.1) is 42.9 Å². The molecule has 0 amide bonds. The second-order valence-corrected chi connectivity index (χ2v) is 15.3. The maximum atomic E-state index is 14.5. The van der Waals surface area contributed by atoms with Gasteiger partial charge in [-0.05, 0) is 96.4 Å². The molecule has 2 aliphatic heterocycles. The number of benzene rings is 1. The van der Waals surface area contributed by atoms with E-state index in [2.05, 4.69) is 0 Å². The van der Waals surface area contributed by atoms with Crippen LogP contribution in [0.5, 0.6) is 5.75 Å². The van der Waals surface area contributed by atoms with Crippen molar-refractivity contribution in [3.05, 3.63) is 98.4 Å². The number of nitrogens with zero attached hydrogens (tertiary/aromatic N) is 4. The first kappa shape index (κ1) is 51.0. The Morgan fingerprint density at radius 3 is 1.20 bits per heavy atom. The molecule has 0 saturated carbocycles. The van der Waals surface area contributed by atoms with Crippen LogP contribution in [0.2, 0.25) is 0 Å². The van der Waals surface area contributed by atoms with Crippen LogP contribution in [0.3, 0.4) is 0 Å². The van der Waals surface area contributed by atoms with Gasteiger partial charge in [-0.3, -0.25) is 19.2 Å². The maximum absolute atomic E-state index is 14.5. The van der Waals surface area contributed by atoms with E-state index in [4.69, 9.17) is 38.9 Å². The molecule has 18 heteroatoms. The third-order valence-electron chi connectivity index (χ3n) is 11.3. The second-order valence-electron chi connectivity index (χ2n) is 15.3. The van der Waals surface area contributed by atoms with Gasteiger partial charge in [0, 0.05) is 25.7 Å². The summed E-state index contributed by atoms with van der Waals surface area (Å²) in [6, 6.07) is 7.04. The van der Waals surface area contributed by atoms with Crippen LogP contribution < -0.4 is 14.7 Å². The van der Waals surface area contributed by atoms with E-state index in [1.807, 2.05) is 26.8 Å².